The van der Waals surface area contributed by atoms with E-state index in [1.54, 1.807) is 0 Å². The van der Waals surface area contributed by atoms with Crippen molar-refractivity contribution in [2.24, 2.45) is 0 Å². The Morgan fingerprint density at radius 1 is 1.25 bits per heavy atom. The Kier molecular flexibility index (Phi) is 7.13. The number of hydrogen-bond donors (Lipinski definition) is 1. The minimum Gasteiger partial charge on any atom is -0.370 e. The van der Waals surface area contributed by atoms with Gasteiger partial charge in [-0.15, -0.1) is 0 Å². The van der Waals surface area contributed by atoms with Crippen LogP contribution in [0.3, 0.4) is 0 Å². The largest absolute Gasteiger partial charge is 0.370 e. The van der Waals surface area contributed by atoms with E-state index in [0.29, 0.717) is 6.04 Å². The van der Waals surface area contributed by atoms with E-state index < -0.39 is 0 Å². The number of nitrogens with one attached hydrogen (secondary N) is 1. The summed E-state index contributed by atoms with van der Waals surface area (Å²) in [5.41, 5.74) is 1.14. The summed E-state index contributed by atoms with van der Waals surface area (Å²) in [6.45, 7) is 9.41. The second kappa shape index (κ2) is 8.35. The first kappa shape index (κ1) is 17.1. The van der Waals surface area contributed by atoms with Crippen LogP contribution in [0.15, 0.2) is 0 Å². The first-order valence-corrected chi connectivity index (χ1v) is 8.75. The molecular weight excluding hydrogens is 268 g/mol. The summed E-state index contributed by atoms with van der Waals surface area (Å²) >= 11 is 1.88. The highest BCUT2D eigenvalue weighted by molar-refractivity contribution is 7.98. The van der Waals surface area contributed by atoms with Crippen molar-refractivity contribution in [3.8, 4) is 0 Å². The first-order valence-electron chi connectivity index (χ1n) is 7.35. The van der Waals surface area contributed by atoms with Gasteiger partial charge in [0.25, 0.3) is 0 Å². The van der Waals surface area contributed by atoms with Gasteiger partial charge in [-0.1, -0.05) is 13.8 Å². The highest BCUT2D eigenvalue weighted by Crippen LogP contribution is 2.25. The van der Waals surface area contributed by atoms with Gasteiger partial charge in [0.15, 0.2) is 0 Å². The lowest BCUT2D eigenvalue weighted by Gasteiger charge is -2.29. The molecule has 1 rings (SSSR count). The maximum atomic E-state index is 4.66. The van der Waals surface area contributed by atoms with Gasteiger partial charge in [0.1, 0.15) is 17.5 Å². The fourth-order valence-electron chi connectivity index (χ4n) is 2.24. The molecule has 20 heavy (non-hydrogen) atoms. The zero-order valence-corrected chi connectivity index (χ0v) is 14.5. The Bertz CT molecular complexity index is 423. The van der Waals surface area contributed by atoms with Crippen LogP contribution in [0.25, 0.3) is 0 Å². The van der Waals surface area contributed by atoms with Crippen LogP contribution in [0.5, 0.6) is 0 Å². The minimum atomic E-state index is 0.511. The van der Waals surface area contributed by atoms with Crippen LogP contribution in [-0.2, 0) is 0 Å². The molecule has 0 aliphatic heterocycles. The van der Waals surface area contributed by atoms with Gasteiger partial charge in [0, 0.05) is 31.0 Å². The summed E-state index contributed by atoms with van der Waals surface area (Å²) in [6.07, 6.45) is 4.37. The zero-order chi connectivity index (χ0) is 15.1. The average molecular weight is 296 g/mol. The quantitative estimate of drug-likeness (QED) is 0.795. The van der Waals surface area contributed by atoms with Gasteiger partial charge < -0.3 is 10.2 Å². The summed E-state index contributed by atoms with van der Waals surface area (Å²) in [4.78, 5) is 11.5. The van der Waals surface area contributed by atoms with Gasteiger partial charge >= 0.3 is 0 Å². The molecule has 4 nitrogen and oxygen atoms in total. The molecule has 0 saturated carbocycles. The van der Waals surface area contributed by atoms with Gasteiger partial charge in [-0.2, -0.15) is 11.8 Å². The molecule has 5 heteroatoms. The molecule has 114 valence electrons. The zero-order valence-electron chi connectivity index (χ0n) is 13.7. The van der Waals surface area contributed by atoms with Crippen LogP contribution < -0.4 is 10.2 Å². The number of rotatable bonds is 8. The molecule has 0 aliphatic rings. The minimum absolute atomic E-state index is 0.511. The first-order chi connectivity index (χ1) is 9.54. The Morgan fingerprint density at radius 3 is 2.50 bits per heavy atom. The third kappa shape index (κ3) is 4.27. The van der Waals surface area contributed by atoms with E-state index in [0.717, 1.165) is 48.2 Å². The second-order valence-electron chi connectivity index (χ2n) is 5.12. The van der Waals surface area contributed by atoms with Crippen molar-refractivity contribution in [1.29, 1.82) is 0 Å². The molecule has 0 amide bonds. The smallest absolute Gasteiger partial charge is 0.137 e. The van der Waals surface area contributed by atoms with Crippen molar-refractivity contribution in [2.45, 2.75) is 46.6 Å². The summed E-state index contributed by atoms with van der Waals surface area (Å²) in [5, 5.41) is 3.40. The van der Waals surface area contributed by atoms with E-state index in [1.807, 2.05) is 18.7 Å². The number of nitrogens with zero attached hydrogens (tertiary/aromatic N) is 3. The summed E-state index contributed by atoms with van der Waals surface area (Å²) < 4.78 is 0. The normalized spacial score (nSPS) is 12.3. The van der Waals surface area contributed by atoms with Crippen molar-refractivity contribution in [2.75, 3.05) is 35.8 Å². The molecular formula is C15H28N4S. The molecule has 1 N–H and O–H groups in total. The van der Waals surface area contributed by atoms with Crippen LogP contribution in [-0.4, -0.2) is 41.6 Å². The fourth-order valence-corrected chi connectivity index (χ4v) is 3.09. The molecule has 1 heterocycles. The van der Waals surface area contributed by atoms with Crippen molar-refractivity contribution < 1.29 is 0 Å². The fraction of sp³-hybridized carbons (Fsp3) is 0.733. The van der Waals surface area contributed by atoms with Gasteiger partial charge in [-0.05, 0) is 32.9 Å². The van der Waals surface area contributed by atoms with Crippen LogP contribution >= 0.6 is 11.8 Å². The van der Waals surface area contributed by atoms with E-state index in [9.17, 15) is 0 Å². The highest BCUT2D eigenvalue weighted by atomic mass is 32.2. The van der Waals surface area contributed by atoms with Crippen LogP contribution in [0.1, 0.15) is 38.1 Å². The Labute approximate surface area is 127 Å². The lowest BCUT2D eigenvalue weighted by molar-refractivity contribution is 0.662. The van der Waals surface area contributed by atoms with Gasteiger partial charge in [0.2, 0.25) is 0 Å². The molecule has 0 bridgehead atoms. The van der Waals surface area contributed by atoms with Crippen LogP contribution in [0.4, 0.5) is 11.6 Å². The van der Waals surface area contributed by atoms with E-state index in [-0.39, 0.29) is 0 Å². The SMILES string of the molecule is CCCNc1nc(C)nc(N(C)C(CC)CSC)c1C. The number of aromatic nitrogens is 2. The molecule has 0 fully saturated rings. The third-order valence-electron chi connectivity index (χ3n) is 3.49. The predicted molar refractivity (Wildman–Crippen MR) is 91.2 cm³/mol. The molecule has 0 radical (unpaired) electrons. The predicted octanol–water partition coefficient (Wildman–Crippen LogP) is 3.49. The molecule has 1 atom stereocenters. The molecule has 0 saturated heterocycles. The molecule has 1 aromatic heterocycles. The monoisotopic (exact) mass is 296 g/mol. The van der Waals surface area contributed by atoms with E-state index in [4.69, 9.17) is 0 Å². The van der Waals surface area contributed by atoms with Crippen LogP contribution in [0.2, 0.25) is 0 Å². The van der Waals surface area contributed by atoms with Crippen molar-refractivity contribution in [1.82, 2.24) is 9.97 Å². The second-order valence-corrected chi connectivity index (χ2v) is 6.03. The lowest BCUT2D eigenvalue weighted by atomic mass is 10.2. The summed E-state index contributed by atoms with van der Waals surface area (Å²) in [5.74, 6) is 3.97. The van der Waals surface area contributed by atoms with E-state index >= 15 is 0 Å². The van der Waals surface area contributed by atoms with E-state index in [1.165, 1.54) is 0 Å². The van der Waals surface area contributed by atoms with Gasteiger partial charge in [-0.3, -0.25) is 0 Å². The maximum absolute atomic E-state index is 4.66. The molecule has 1 aromatic rings. The number of aryl methyl sites for hydroxylation is 1. The Hall–Kier alpha value is -0.970. The Morgan fingerprint density at radius 2 is 1.95 bits per heavy atom. The molecule has 0 aromatic carbocycles. The Balaban J connectivity index is 3.06. The third-order valence-corrected chi connectivity index (χ3v) is 4.20. The van der Waals surface area contributed by atoms with Crippen molar-refractivity contribution in [3.63, 3.8) is 0 Å². The lowest BCUT2D eigenvalue weighted by Crippen LogP contribution is -2.34. The number of hydrogen-bond acceptors (Lipinski definition) is 5. The average Bonchev–Trinajstić information content (AvgIpc) is 2.44. The van der Waals surface area contributed by atoms with Crippen LogP contribution in [0, 0.1) is 13.8 Å². The topological polar surface area (TPSA) is 41.1 Å². The summed E-state index contributed by atoms with van der Waals surface area (Å²) in [7, 11) is 2.14. The number of thioether (sulfide) groups is 1. The van der Waals surface area contributed by atoms with Crippen molar-refractivity contribution in [3.05, 3.63) is 11.4 Å². The van der Waals surface area contributed by atoms with E-state index in [2.05, 4.69) is 54.3 Å². The maximum Gasteiger partial charge on any atom is 0.137 e. The van der Waals surface area contributed by atoms with Gasteiger partial charge in [0.05, 0.1) is 0 Å². The molecule has 1 unspecified atom stereocenters. The van der Waals surface area contributed by atoms with Crippen molar-refractivity contribution >= 4 is 23.4 Å². The standard InChI is InChI=1S/C15H28N4S/c1-7-9-16-14-11(3)15(18-12(4)17-14)19(5)13(8-2)10-20-6/h13H,7-10H2,1-6H3,(H,16,17,18). The van der Waals surface area contributed by atoms with Gasteiger partial charge in [-0.25, -0.2) is 9.97 Å². The molecule has 0 aliphatic carbocycles. The molecule has 0 spiro atoms. The highest BCUT2D eigenvalue weighted by Gasteiger charge is 2.18. The summed E-state index contributed by atoms with van der Waals surface area (Å²) in [6, 6.07) is 0.511. The number of anilines is 2.